The van der Waals surface area contributed by atoms with Crippen molar-refractivity contribution < 1.29 is 23.7 Å². The van der Waals surface area contributed by atoms with Gasteiger partial charge in [0.1, 0.15) is 12.4 Å². The average Bonchev–Trinajstić information content (AvgIpc) is 2.87. The van der Waals surface area contributed by atoms with E-state index in [1.165, 1.54) is 14.2 Å². The monoisotopic (exact) mass is 447 g/mol. The minimum absolute atomic E-state index is 0.170. The Balaban J connectivity index is 1.85. The Labute approximate surface area is 195 Å². The summed E-state index contributed by atoms with van der Waals surface area (Å²) in [7, 11) is 4.70. The molecular formula is C27H29NO5. The summed E-state index contributed by atoms with van der Waals surface area (Å²) in [5.41, 5.74) is 2.43. The van der Waals surface area contributed by atoms with Crippen molar-refractivity contribution >= 4 is 5.91 Å². The lowest BCUT2D eigenvalue weighted by Gasteiger charge is -2.23. The molecule has 6 heteroatoms. The van der Waals surface area contributed by atoms with E-state index in [2.05, 4.69) is 6.58 Å². The van der Waals surface area contributed by atoms with Gasteiger partial charge >= 0.3 is 0 Å². The maximum atomic E-state index is 13.4. The molecule has 0 spiro atoms. The first-order chi connectivity index (χ1) is 16.1. The summed E-state index contributed by atoms with van der Waals surface area (Å²) in [5, 5.41) is 0. The van der Waals surface area contributed by atoms with Crippen LogP contribution in [-0.2, 0) is 13.2 Å². The summed E-state index contributed by atoms with van der Waals surface area (Å²) in [5.74, 6) is 1.90. The molecular weight excluding hydrogens is 418 g/mol. The van der Waals surface area contributed by atoms with Crippen LogP contribution in [0.25, 0.3) is 0 Å². The van der Waals surface area contributed by atoms with Gasteiger partial charge in [-0.15, -0.1) is 6.58 Å². The van der Waals surface area contributed by atoms with Crippen molar-refractivity contribution in [3.05, 3.63) is 96.1 Å². The van der Waals surface area contributed by atoms with Crippen molar-refractivity contribution in [2.24, 2.45) is 0 Å². The zero-order chi connectivity index (χ0) is 23.6. The van der Waals surface area contributed by atoms with Gasteiger partial charge in [0.05, 0.1) is 21.3 Å². The molecule has 1 amide bonds. The second-order valence-electron chi connectivity index (χ2n) is 7.31. The lowest BCUT2D eigenvalue weighted by Crippen LogP contribution is -2.30. The van der Waals surface area contributed by atoms with E-state index < -0.39 is 0 Å². The smallest absolute Gasteiger partial charge is 0.254 e. The normalized spacial score (nSPS) is 10.3. The number of hydrogen-bond donors (Lipinski definition) is 0. The predicted octanol–water partition coefficient (Wildman–Crippen LogP) is 5.12. The van der Waals surface area contributed by atoms with Crippen LogP contribution in [0.15, 0.2) is 79.4 Å². The van der Waals surface area contributed by atoms with E-state index >= 15 is 0 Å². The maximum Gasteiger partial charge on any atom is 0.254 e. The lowest BCUT2D eigenvalue weighted by atomic mass is 10.1. The quantitative estimate of drug-likeness (QED) is 0.382. The summed E-state index contributed by atoms with van der Waals surface area (Å²) in [6.45, 7) is 4.96. The Morgan fingerprint density at radius 2 is 1.52 bits per heavy atom. The first-order valence-corrected chi connectivity index (χ1v) is 10.6. The fourth-order valence-electron chi connectivity index (χ4n) is 3.38. The number of hydrogen-bond acceptors (Lipinski definition) is 5. The SMILES string of the molecule is C=CCN(Cc1ccc(OC)cc1)C(=O)c1cc(OC)c(OCc2ccccc2)c(OC)c1. The van der Waals surface area contributed by atoms with Crippen molar-refractivity contribution in [1.82, 2.24) is 4.90 Å². The summed E-state index contributed by atoms with van der Waals surface area (Å²) in [4.78, 5) is 15.1. The van der Waals surface area contributed by atoms with E-state index in [-0.39, 0.29) is 5.91 Å². The largest absolute Gasteiger partial charge is 0.497 e. The van der Waals surface area contributed by atoms with Gasteiger partial charge in [0.25, 0.3) is 5.91 Å². The molecule has 33 heavy (non-hydrogen) atoms. The molecule has 3 aromatic rings. The number of carbonyl (C=O) groups excluding carboxylic acids is 1. The fraction of sp³-hybridized carbons (Fsp3) is 0.222. The molecule has 0 aliphatic rings. The highest BCUT2D eigenvalue weighted by Crippen LogP contribution is 2.39. The predicted molar refractivity (Wildman–Crippen MR) is 128 cm³/mol. The van der Waals surface area contributed by atoms with Crippen LogP contribution in [0, 0.1) is 0 Å². The molecule has 0 N–H and O–H groups in total. The Morgan fingerprint density at radius 3 is 2.06 bits per heavy atom. The molecule has 0 saturated carbocycles. The summed E-state index contributed by atoms with van der Waals surface area (Å²) in [6.07, 6.45) is 1.70. The van der Waals surface area contributed by atoms with E-state index in [0.29, 0.717) is 42.5 Å². The summed E-state index contributed by atoms with van der Waals surface area (Å²) < 4.78 is 22.3. The topological polar surface area (TPSA) is 57.2 Å². The molecule has 0 atom stereocenters. The van der Waals surface area contributed by atoms with Crippen LogP contribution in [0.5, 0.6) is 23.0 Å². The molecule has 0 aliphatic heterocycles. The van der Waals surface area contributed by atoms with Crippen LogP contribution in [-0.4, -0.2) is 38.7 Å². The number of nitrogens with zero attached hydrogens (tertiary/aromatic N) is 1. The number of methoxy groups -OCH3 is 3. The molecule has 0 saturated heterocycles. The molecule has 3 aromatic carbocycles. The molecule has 0 heterocycles. The van der Waals surface area contributed by atoms with Crippen molar-refractivity contribution in [1.29, 1.82) is 0 Å². The molecule has 6 nitrogen and oxygen atoms in total. The van der Waals surface area contributed by atoms with Crippen molar-refractivity contribution in [2.75, 3.05) is 27.9 Å². The second-order valence-corrected chi connectivity index (χ2v) is 7.31. The zero-order valence-electron chi connectivity index (χ0n) is 19.2. The van der Waals surface area contributed by atoms with Crippen LogP contribution in [0.3, 0.4) is 0 Å². The fourth-order valence-corrected chi connectivity index (χ4v) is 3.38. The highest BCUT2D eigenvalue weighted by atomic mass is 16.5. The second kappa shape index (κ2) is 11.6. The van der Waals surface area contributed by atoms with Crippen LogP contribution in [0.4, 0.5) is 0 Å². The minimum atomic E-state index is -0.170. The van der Waals surface area contributed by atoms with Gasteiger partial charge in [0.2, 0.25) is 5.75 Å². The highest BCUT2D eigenvalue weighted by Gasteiger charge is 2.21. The van der Waals surface area contributed by atoms with Gasteiger partial charge in [-0.1, -0.05) is 48.5 Å². The van der Waals surface area contributed by atoms with Gasteiger partial charge in [0, 0.05) is 18.7 Å². The van der Waals surface area contributed by atoms with E-state index in [9.17, 15) is 4.79 Å². The zero-order valence-corrected chi connectivity index (χ0v) is 19.2. The average molecular weight is 448 g/mol. The third-order valence-corrected chi connectivity index (χ3v) is 5.10. The Kier molecular flexibility index (Phi) is 8.36. The Bertz CT molecular complexity index is 1040. The molecule has 0 unspecified atom stereocenters. The molecule has 0 aromatic heterocycles. The minimum Gasteiger partial charge on any atom is -0.497 e. The van der Waals surface area contributed by atoms with Gasteiger partial charge in [0.15, 0.2) is 11.5 Å². The number of benzene rings is 3. The summed E-state index contributed by atoms with van der Waals surface area (Å²) >= 11 is 0. The number of rotatable bonds is 11. The number of carbonyl (C=O) groups is 1. The van der Waals surface area contributed by atoms with Gasteiger partial charge in [-0.05, 0) is 35.4 Å². The molecule has 3 rings (SSSR count). The van der Waals surface area contributed by atoms with Gasteiger partial charge in [-0.2, -0.15) is 0 Å². The van der Waals surface area contributed by atoms with Crippen molar-refractivity contribution in [3.8, 4) is 23.0 Å². The standard InChI is InChI=1S/C27H29NO5/c1-5-15-28(18-20-11-13-23(30-2)14-12-20)27(29)22-16-24(31-3)26(25(17-22)32-4)33-19-21-9-7-6-8-10-21/h5-14,16-17H,1,15,18-19H2,2-4H3. The number of amides is 1. The molecule has 0 aliphatic carbocycles. The summed E-state index contributed by atoms with van der Waals surface area (Å²) in [6, 6.07) is 20.8. The van der Waals surface area contributed by atoms with Crippen LogP contribution in [0.1, 0.15) is 21.5 Å². The van der Waals surface area contributed by atoms with Crippen LogP contribution >= 0.6 is 0 Å². The molecule has 0 bridgehead atoms. The van der Waals surface area contributed by atoms with Crippen LogP contribution < -0.4 is 18.9 Å². The van der Waals surface area contributed by atoms with Crippen molar-refractivity contribution in [3.63, 3.8) is 0 Å². The van der Waals surface area contributed by atoms with Gasteiger partial charge < -0.3 is 23.8 Å². The Morgan fingerprint density at radius 1 is 0.879 bits per heavy atom. The maximum absolute atomic E-state index is 13.4. The number of ether oxygens (including phenoxy) is 4. The third-order valence-electron chi connectivity index (χ3n) is 5.10. The van der Waals surface area contributed by atoms with Crippen LogP contribution in [0.2, 0.25) is 0 Å². The highest BCUT2D eigenvalue weighted by molar-refractivity contribution is 5.95. The van der Waals surface area contributed by atoms with E-state index in [4.69, 9.17) is 18.9 Å². The van der Waals surface area contributed by atoms with Crippen molar-refractivity contribution in [2.45, 2.75) is 13.2 Å². The first-order valence-electron chi connectivity index (χ1n) is 10.6. The molecule has 0 radical (unpaired) electrons. The first kappa shape index (κ1) is 23.7. The molecule has 172 valence electrons. The Hall–Kier alpha value is -3.93. The van der Waals surface area contributed by atoms with Gasteiger partial charge in [-0.25, -0.2) is 0 Å². The van der Waals surface area contributed by atoms with E-state index in [1.54, 1.807) is 30.2 Å². The lowest BCUT2D eigenvalue weighted by molar-refractivity contribution is 0.0761. The van der Waals surface area contributed by atoms with E-state index in [0.717, 1.165) is 16.9 Å². The van der Waals surface area contributed by atoms with E-state index in [1.807, 2.05) is 54.6 Å². The van der Waals surface area contributed by atoms with Gasteiger partial charge in [-0.3, -0.25) is 4.79 Å². The molecule has 0 fully saturated rings. The third kappa shape index (κ3) is 6.07.